The summed E-state index contributed by atoms with van der Waals surface area (Å²) in [6.07, 6.45) is 8.05. The number of rotatable bonds is 6. The molecule has 3 nitrogen and oxygen atoms in total. The van der Waals surface area contributed by atoms with Gasteiger partial charge in [0.25, 0.3) is 0 Å². The summed E-state index contributed by atoms with van der Waals surface area (Å²) in [5.74, 6) is 0.735. The molecule has 1 unspecified atom stereocenters. The van der Waals surface area contributed by atoms with Crippen LogP contribution in [0.15, 0.2) is 0 Å². The normalized spacial score (nSPS) is 27.7. The SMILES string of the molecule is CC(C)CNCC1(CN2CCCCCC2C)CCOCC1. The Labute approximate surface area is 131 Å². The van der Waals surface area contributed by atoms with Crippen molar-refractivity contribution in [3.8, 4) is 0 Å². The van der Waals surface area contributed by atoms with Crippen LogP contribution in [0.2, 0.25) is 0 Å². The van der Waals surface area contributed by atoms with Gasteiger partial charge in [-0.05, 0) is 57.0 Å². The van der Waals surface area contributed by atoms with E-state index in [-0.39, 0.29) is 0 Å². The fourth-order valence-corrected chi connectivity index (χ4v) is 3.82. The first kappa shape index (κ1) is 17.2. The zero-order valence-electron chi connectivity index (χ0n) is 14.5. The fourth-order valence-electron chi connectivity index (χ4n) is 3.82. The number of hydrogen-bond acceptors (Lipinski definition) is 3. The topological polar surface area (TPSA) is 24.5 Å². The summed E-state index contributed by atoms with van der Waals surface area (Å²) in [5, 5.41) is 3.73. The minimum Gasteiger partial charge on any atom is -0.381 e. The first-order valence-electron chi connectivity index (χ1n) is 9.14. The molecule has 0 bridgehead atoms. The summed E-state index contributed by atoms with van der Waals surface area (Å²) in [5.41, 5.74) is 0.436. The Bertz CT molecular complexity index is 287. The molecule has 0 aromatic rings. The molecule has 0 radical (unpaired) electrons. The van der Waals surface area contributed by atoms with Gasteiger partial charge in [-0.15, -0.1) is 0 Å². The Morgan fingerprint density at radius 1 is 1.19 bits per heavy atom. The number of hydrogen-bond donors (Lipinski definition) is 1. The Kier molecular flexibility index (Phi) is 6.97. The standard InChI is InChI=1S/C18H36N2O/c1-16(2)13-19-14-18(8-11-21-12-9-18)15-20-10-6-4-5-7-17(20)3/h16-17,19H,4-15H2,1-3H3. The van der Waals surface area contributed by atoms with Gasteiger partial charge in [-0.3, -0.25) is 0 Å². The smallest absolute Gasteiger partial charge is 0.0472 e. The van der Waals surface area contributed by atoms with E-state index in [2.05, 4.69) is 31.0 Å². The van der Waals surface area contributed by atoms with Crippen LogP contribution >= 0.6 is 0 Å². The van der Waals surface area contributed by atoms with Crippen molar-refractivity contribution in [1.29, 1.82) is 0 Å². The minimum absolute atomic E-state index is 0.436. The largest absolute Gasteiger partial charge is 0.381 e. The van der Waals surface area contributed by atoms with Gasteiger partial charge >= 0.3 is 0 Å². The van der Waals surface area contributed by atoms with E-state index in [0.29, 0.717) is 5.41 Å². The molecule has 0 aromatic heterocycles. The lowest BCUT2D eigenvalue weighted by Gasteiger charge is -2.43. The van der Waals surface area contributed by atoms with Crippen LogP contribution in [0.3, 0.4) is 0 Å². The summed E-state index contributed by atoms with van der Waals surface area (Å²) in [6.45, 7) is 13.8. The van der Waals surface area contributed by atoms with Crippen LogP contribution in [0.5, 0.6) is 0 Å². The van der Waals surface area contributed by atoms with Gasteiger partial charge in [-0.1, -0.05) is 26.7 Å². The van der Waals surface area contributed by atoms with Crippen LogP contribution in [-0.2, 0) is 4.74 Å². The van der Waals surface area contributed by atoms with E-state index in [4.69, 9.17) is 4.74 Å². The highest BCUT2D eigenvalue weighted by Gasteiger charge is 2.35. The molecular formula is C18H36N2O. The lowest BCUT2D eigenvalue weighted by atomic mass is 9.79. The maximum atomic E-state index is 5.65. The maximum absolute atomic E-state index is 5.65. The Morgan fingerprint density at radius 3 is 2.67 bits per heavy atom. The highest BCUT2D eigenvalue weighted by atomic mass is 16.5. The molecule has 0 aliphatic carbocycles. The van der Waals surface area contributed by atoms with E-state index in [0.717, 1.165) is 38.3 Å². The molecule has 124 valence electrons. The minimum atomic E-state index is 0.436. The summed E-state index contributed by atoms with van der Waals surface area (Å²) in [6, 6.07) is 0.761. The van der Waals surface area contributed by atoms with Crippen molar-refractivity contribution in [1.82, 2.24) is 10.2 Å². The molecule has 2 aliphatic heterocycles. The molecule has 3 heteroatoms. The zero-order valence-corrected chi connectivity index (χ0v) is 14.5. The second-order valence-corrected chi connectivity index (χ2v) is 7.81. The highest BCUT2D eigenvalue weighted by Crippen LogP contribution is 2.33. The average molecular weight is 296 g/mol. The predicted molar refractivity (Wildman–Crippen MR) is 89.7 cm³/mol. The van der Waals surface area contributed by atoms with Crippen LogP contribution in [0.25, 0.3) is 0 Å². The lowest BCUT2D eigenvalue weighted by Crippen LogP contribution is -2.49. The molecule has 1 atom stereocenters. The van der Waals surface area contributed by atoms with Crippen molar-refractivity contribution >= 4 is 0 Å². The van der Waals surface area contributed by atoms with Gasteiger partial charge in [0.1, 0.15) is 0 Å². The van der Waals surface area contributed by atoms with Crippen LogP contribution < -0.4 is 5.32 Å². The van der Waals surface area contributed by atoms with Gasteiger partial charge in [-0.25, -0.2) is 0 Å². The average Bonchev–Trinajstić information content (AvgIpc) is 2.65. The summed E-state index contributed by atoms with van der Waals surface area (Å²) >= 11 is 0. The van der Waals surface area contributed by atoms with E-state index in [1.165, 1.54) is 51.6 Å². The summed E-state index contributed by atoms with van der Waals surface area (Å²) in [7, 11) is 0. The highest BCUT2D eigenvalue weighted by molar-refractivity contribution is 4.89. The van der Waals surface area contributed by atoms with Gasteiger partial charge in [0.2, 0.25) is 0 Å². The van der Waals surface area contributed by atoms with E-state index >= 15 is 0 Å². The number of likely N-dealkylation sites (tertiary alicyclic amines) is 1. The summed E-state index contributed by atoms with van der Waals surface area (Å²) in [4.78, 5) is 2.77. The lowest BCUT2D eigenvalue weighted by molar-refractivity contribution is -0.0104. The van der Waals surface area contributed by atoms with E-state index < -0.39 is 0 Å². The third-order valence-electron chi connectivity index (χ3n) is 5.34. The zero-order chi connectivity index (χ0) is 15.1. The van der Waals surface area contributed by atoms with E-state index in [1.54, 1.807) is 0 Å². The third kappa shape index (κ3) is 5.54. The van der Waals surface area contributed by atoms with Crippen molar-refractivity contribution < 1.29 is 4.74 Å². The molecule has 0 spiro atoms. The monoisotopic (exact) mass is 296 g/mol. The van der Waals surface area contributed by atoms with E-state index in [1.807, 2.05) is 0 Å². The van der Waals surface area contributed by atoms with Gasteiger partial charge < -0.3 is 15.0 Å². The quantitative estimate of drug-likeness (QED) is 0.814. The van der Waals surface area contributed by atoms with Crippen molar-refractivity contribution in [2.45, 2.75) is 65.3 Å². The number of nitrogens with zero attached hydrogens (tertiary/aromatic N) is 1. The maximum Gasteiger partial charge on any atom is 0.0472 e. The second kappa shape index (κ2) is 8.50. The van der Waals surface area contributed by atoms with Gasteiger partial charge in [0.05, 0.1) is 0 Å². The van der Waals surface area contributed by atoms with Crippen molar-refractivity contribution in [2.75, 3.05) is 39.4 Å². The van der Waals surface area contributed by atoms with Crippen LogP contribution in [0.4, 0.5) is 0 Å². The number of nitrogens with one attached hydrogen (secondary N) is 1. The molecule has 2 saturated heterocycles. The molecule has 2 heterocycles. The molecule has 0 aromatic carbocycles. The van der Waals surface area contributed by atoms with Crippen molar-refractivity contribution in [3.63, 3.8) is 0 Å². The Morgan fingerprint density at radius 2 is 1.95 bits per heavy atom. The molecule has 1 N–H and O–H groups in total. The Balaban J connectivity index is 1.93. The first-order valence-corrected chi connectivity index (χ1v) is 9.14. The number of ether oxygens (including phenoxy) is 1. The molecule has 2 fully saturated rings. The van der Waals surface area contributed by atoms with Gasteiger partial charge in [0, 0.05) is 32.3 Å². The van der Waals surface area contributed by atoms with E-state index in [9.17, 15) is 0 Å². The Hall–Kier alpha value is -0.120. The van der Waals surface area contributed by atoms with Crippen LogP contribution in [0.1, 0.15) is 59.3 Å². The second-order valence-electron chi connectivity index (χ2n) is 7.81. The van der Waals surface area contributed by atoms with Gasteiger partial charge in [-0.2, -0.15) is 0 Å². The van der Waals surface area contributed by atoms with Crippen molar-refractivity contribution in [3.05, 3.63) is 0 Å². The first-order chi connectivity index (χ1) is 10.1. The molecule has 2 aliphatic rings. The molecule has 0 amide bonds. The van der Waals surface area contributed by atoms with Crippen LogP contribution in [-0.4, -0.2) is 50.3 Å². The fraction of sp³-hybridized carbons (Fsp3) is 1.00. The summed E-state index contributed by atoms with van der Waals surface area (Å²) < 4.78 is 5.65. The van der Waals surface area contributed by atoms with Crippen molar-refractivity contribution in [2.24, 2.45) is 11.3 Å². The molecule has 2 rings (SSSR count). The van der Waals surface area contributed by atoms with Crippen LogP contribution in [0, 0.1) is 11.3 Å². The predicted octanol–water partition coefficient (Wildman–Crippen LogP) is 3.29. The third-order valence-corrected chi connectivity index (χ3v) is 5.34. The molecular weight excluding hydrogens is 260 g/mol. The van der Waals surface area contributed by atoms with Gasteiger partial charge in [0.15, 0.2) is 0 Å². The molecule has 0 saturated carbocycles. The molecule has 21 heavy (non-hydrogen) atoms.